The highest BCUT2D eigenvalue weighted by Gasteiger charge is 2.34. The Morgan fingerprint density at radius 2 is 1.93 bits per heavy atom. The van der Waals surface area contributed by atoms with E-state index in [-0.39, 0.29) is 17.3 Å². The van der Waals surface area contributed by atoms with Gasteiger partial charge in [-0.1, -0.05) is 11.6 Å². The second-order valence-corrected chi connectivity index (χ2v) is 8.64. The topological polar surface area (TPSA) is 79.4 Å². The molecule has 1 aliphatic carbocycles. The molecule has 1 fully saturated rings. The molecule has 0 bridgehead atoms. The molecule has 1 aromatic carbocycles. The zero-order valence-electron chi connectivity index (χ0n) is 15.1. The molecule has 1 aromatic heterocycles. The summed E-state index contributed by atoms with van der Waals surface area (Å²) in [4.78, 5) is 18.6. The van der Waals surface area contributed by atoms with Gasteiger partial charge >= 0.3 is 0 Å². The number of hydrogen-bond acceptors (Lipinski definition) is 4. The first-order chi connectivity index (χ1) is 13.0. The Morgan fingerprint density at radius 1 is 1.15 bits per heavy atom. The average Bonchev–Trinajstić information content (AvgIpc) is 3.28. The number of hydrogen-bond donors (Lipinski definition) is 1. The Balaban J connectivity index is 1.68. The van der Waals surface area contributed by atoms with Gasteiger partial charge < -0.3 is 4.90 Å². The minimum Gasteiger partial charge on any atom is -0.311 e. The fourth-order valence-corrected chi connectivity index (χ4v) is 4.74. The van der Waals surface area contributed by atoms with Crippen LogP contribution in [0, 0.1) is 0 Å². The van der Waals surface area contributed by atoms with Crippen molar-refractivity contribution in [2.24, 2.45) is 0 Å². The van der Waals surface area contributed by atoms with E-state index in [4.69, 9.17) is 0 Å². The number of allylic oxidation sites excluding steroid dienone is 1. The molecule has 1 saturated carbocycles. The third kappa shape index (κ3) is 3.28. The second-order valence-electron chi connectivity index (χ2n) is 6.87. The van der Waals surface area contributed by atoms with Crippen LogP contribution in [0.2, 0.25) is 0 Å². The second kappa shape index (κ2) is 6.90. The number of anilines is 1. The lowest BCUT2D eigenvalue weighted by atomic mass is 10.00. The molecule has 2 heterocycles. The van der Waals surface area contributed by atoms with Crippen molar-refractivity contribution < 1.29 is 13.2 Å². The number of aromatic nitrogens is 1. The van der Waals surface area contributed by atoms with Crippen LogP contribution in [0.5, 0.6) is 0 Å². The summed E-state index contributed by atoms with van der Waals surface area (Å²) in [6.45, 7) is 0.118. The molecule has 2 aromatic rings. The van der Waals surface area contributed by atoms with Gasteiger partial charge in [0.1, 0.15) is 0 Å². The molecule has 4 rings (SSSR count). The van der Waals surface area contributed by atoms with Crippen molar-refractivity contribution >= 4 is 27.2 Å². The number of nitrogens with one attached hydrogen (secondary N) is 1. The third-order valence-electron chi connectivity index (χ3n) is 5.16. The Hall–Kier alpha value is -2.51. The van der Waals surface area contributed by atoms with Crippen molar-refractivity contribution in [3.63, 3.8) is 0 Å². The van der Waals surface area contributed by atoms with Gasteiger partial charge in [0, 0.05) is 24.4 Å². The number of nitrogens with zero attached hydrogens (tertiary/aromatic N) is 2. The van der Waals surface area contributed by atoms with Crippen molar-refractivity contribution in [1.29, 1.82) is 0 Å². The summed E-state index contributed by atoms with van der Waals surface area (Å²) in [6, 6.07) is 10.2. The van der Waals surface area contributed by atoms with E-state index in [0.717, 1.165) is 42.5 Å². The van der Waals surface area contributed by atoms with Crippen molar-refractivity contribution in [2.45, 2.75) is 37.1 Å². The largest absolute Gasteiger partial charge is 0.311 e. The summed E-state index contributed by atoms with van der Waals surface area (Å²) < 4.78 is 28.1. The summed E-state index contributed by atoms with van der Waals surface area (Å²) in [6.07, 6.45) is 5.59. The summed E-state index contributed by atoms with van der Waals surface area (Å²) >= 11 is 0. The van der Waals surface area contributed by atoms with Gasteiger partial charge in [-0.15, -0.1) is 0 Å². The lowest BCUT2D eigenvalue weighted by molar-refractivity contribution is -0.112. The number of carbonyl (C=O) groups is 1. The van der Waals surface area contributed by atoms with E-state index in [1.165, 1.54) is 0 Å². The van der Waals surface area contributed by atoms with Crippen molar-refractivity contribution in [1.82, 2.24) is 9.71 Å². The Labute approximate surface area is 159 Å². The van der Waals surface area contributed by atoms with Gasteiger partial charge in [0.2, 0.25) is 10.0 Å². The molecule has 0 saturated heterocycles. The Kier molecular flexibility index (Phi) is 4.57. The van der Waals surface area contributed by atoms with Crippen molar-refractivity contribution in [3.05, 3.63) is 59.4 Å². The van der Waals surface area contributed by atoms with Crippen molar-refractivity contribution in [2.75, 3.05) is 11.9 Å². The predicted octanol–water partition coefficient (Wildman–Crippen LogP) is 2.86. The molecule has 6 nitrogen and oxygen atoms in total. The van der Waals surface area contributed by atoms with Crippen LogP contribution in [0.1, 0.15) is 36.9 Å². The predicted molar refractivity (Wildman–Crippen MR) is 104 cm³/mol. The number of fused-ring (bicyclic) bond motifs is 1. The smallest absolute Gasteiger partial charge is 0.258 e. The Bertz CT molecular complexity index is 1020. The van der Waals surface area contributed by atoms with Gasteiger partial charge in [-0.25, -0.2) is 13.1 Å². The first kappa shape index (κ1) is 17.9. The van der Waals surface area contributed by atoms with E-state index in [1.807, 2.05) is 6.07 Å². The van der Waals surface area contributed by atoms with Gasteiger partial charge in [0.15, 0.2) is 0 Å². The maximum Gasteiger partial charge on any atom is 0.258 e. The van der Waals surface area contributed by atoms with Crippen LogP contribution >= 0.6 is 0 Å². The van der Waals surface area contributed by atoms with Crippen molar-refractivity contribution in [3.8, 4) is 0 Å². The highest BCUT2D eigenvalue weighted by molar-refractivity contribution is 7.89. The molecule has 27 heavy (non-hydrogen) atoms. The van der Waals surface area contributed by atoms with Crippen LogP contribution in [0.25, 0.3) is 5.57 Å². The van der Waals surface area contributed by atoms with Crippen LogP contribution in [-0.4, -0.2) is 26.4 Å². The standard InChI is InChI=1S/C20H21N3O3S/c1-23-18-10-9-16(27(25,26)22-13-15-8-4-5-11-21-15)12-17(18)19(20(23)24)14-6-2-3-7-14/h4-5,8-12,22H,2-3,6-7,13H2,1H3. The normalized spacial score (nSPS) is 16.9. The number of pyridine rings is 1. The first-order valence-electron chi connectivity index (χ1n) is 9.01. The highest BCUT2D eigenvalue weighted by Crippen LogP contribution is 2.42. The van der Waals surface area contributed by atoms with E-state index in [0.29, 0.717) is 11.3 Å². The molecule has 7 heteroatoms. The van der Waals surface area contributed by atoms with Gasteiger partial charge in [-0.05, 0) is 56.0 Å². The molecule has 1 N–H and O–H groups in total. The van der Waals surface area contributed by atoms with E-state index < -0.39 is 10.0 Å². The molecular formula is C20H21N3O3S. The number of amides is 1. The van der Waals surface area contributed by atoms with E-state index >= 15 is 0 Å². The number of rotatable bonds is 4. The van der Waals surface area contributed by atoms with E-state index in [9.17, 15) is 13.2 Å². The SMILES string of the molecule is CN1C(=O)C(=C2CCCC2)c2cc(S(=O)(=O)NCc3ccccn3)ccc21. The zero-order valence-corrected chi connectivity index (χ0v) is 15.9. The molecule has 140 valence electrons. The number of likely N-dealkylation sites (N-methyl/N-ethyl adjacent to an activating group) is 1. The molecule has 2 aliphatic rings. The number of carbonyl (C=O) groups excluding carboxylic acids is 1. The fraction of sp³-hybridized carbons (Fsp3) is 0.300. The van der Waals surface area contributed by atoms with Crippen LogP contribution in [0.15, 0.2) is 53.1 Å². The van der Waals surface area contributed by atoms with Crippen LogP contribution in [0.4, 0.5) is 5.69 Å². The van der Waals surface area contributed by atoms with Gasteiger partial charge in [-0.3, -0.25) is 9.78 Å². The van der Waals surface area contributed by atoms with Gasteiger partial charge in [0.25, 0.3) is 5.91 Å². The highest BCUT2D eigenvalue weighted by atomic mass is 32.2. The molecular weight excluding hydrogens is 362 g/mol. The Morgan fingerprint density at radius 3 is 2.63 bits per heavy atom. The molecule has 0 atom stereocenters. The van der Waals surface area contributed by atoms with Crippen LogP contribution < -0.4 is 9.62 Å². The van der Waals surface area contributed by atoms with Crippen LogP contribution in [-0.2, 0) is 21.4 Å². The summed E-state index contributed by atoms with van der Waals surface area (Å²) in [7, 11) is -1.97. The molecule has 0 radical (unpaired) electrons. The van der Waals surface area contributed by atoms with Gasteiger partial charge in [0.05, 0.1) is 22.8 Å². The monoisotopic (exact) mass is 383 g/mol. The average molecular weight is 383 g/mol. The number of sulfonamides is 1. The summed E-state index contributed by atoms with van der Waals surface area (Å²) in [5.74, 6) is -0.0436. The lowest BCUT2D eigenvalue weighted by Gasteiger charge is -2.11. The quantitative estimate of drug-likeness (QED) is 0.824. The fourth-order valence-electron chi connectivity index (χ4n) is 3.72. The molecule has 1 aliphatic heterocycles. The maximum atomic E-state index is 12.7. The zero-order chi connectivity index (χ0) is 19.0. The van der Waals surface area contributed by atoms with E-state index in [1.54, 1.807) is 48.5 Å². The van der Waals surface area contributed by atoms with E-state index in [2.05, 4.69) is 9.71 Å². The lowest BCUT2D eigenvalue weighted by Crippen LogP contribution is -2.23. The molecule has 0 unspecified atom stereocenters. The first-order valence-corrected chi connectivity index (χ1v) is 10.5. The minimum atomic E-state index is -3.70. The van der Waals surface area contributed by atoms with Crippen LogP contribution in [0.3, 0.4) is 0 Å². The number of benzene rings is 1. The summed E-state index contributed by atoms with van der Waals surface area (Å²) in [5.41, 5.74) is 3.96. The molecule has 1 amide bonds. The third-order valence-corrected chi connectivity index (χ3v) is 6.56. The van der Waals surface area contributed by atoms with Gasteiger partial charge in [-0.2, -0.15) is 0 Å². The minimum absolute atomic E-state index is 0.0436. The summed E-state index contributed by atoms with van der Waals surface area (Å²) in [5, 5.41) is 0. The molecule has 0 spiro atoms. The maximum absolute atomic E-state index is 12.7.